The molecule has 7 heteroatoms. The van der Waals surface area contributed by atoms with E-state index >= 15 is 0 Å². The number of para-hydroxylation sites is 2. The van der Waals surface area contributed by atoms with Gasteiger partial charge in [-0.3, -0.25) is 4.57 Å². The molecule has 0 spiro atoms. The van der Waals surface area contributed by atoms with Gasteiger partial charge in [0.25, 0.3) is 0 Å². The van der Waals surface area contributed by atoms with E-state index in [4.69, 9.17) is 15.0 Å². The summed E-state index contributed by atoms with van der Waals surface area (Å²) >= 11 is 0. The van der Waals surface area contributed by atoms with Gasteiger partial charge in [-0.15, -0.1) is 0 Å². The van der Waals surface area contributed by atoms with Crippen molar-refractivity contribution in [3.05, 3.63) is 285 Å². The minimum absolute atomic E-state index is 0.556. The molecule has 4 aromatic heterocycles. The van der Waals surface area contributed by atoms with E-state index in [1.54, 1.807) is 0 Å². The van der Waals surface area contributed by atoms with Crippen molar-refractivity contribution in [1.82, 2.24) is 28.7 Å². The fourth-order valence-corrected chi connectivity index (χ4v) is 12.3. The Kier molecular flexibility index (Phi) is 12.2. The molecule has 0 radical (unpaired) electrons. The van der Waals surface area contributed by atoms with Crippen LogP contribution in [0.5, 0.6) is 0 Å². The highest BCUT2D eigenvalue weighted by molar-refractivity contribution is 6.15. The second-order valence-electron chi connectivity index (χ2n) is 21.3. The Morgan fingerprint density at radius 3 is 1.46 bits per heavy atom. The minimum atomic E-state index is 0.556. The van der Waals surface area contributed by atoms with Crippen molar-refractivity contribution < 1.29 is 0 Å². The molecule has 0 saturated heterocycles. The van der Waals surface area contributed by atoms with Gasteiger partial charge in [-0.25, -0.2) is 4.98 Å². The first kappa shape index (κ1) is 49.2. The highest BCUT2D eigenvalue weighted by Gasteiger charge is 2.22. The molecule has 15 rings (SSSR count). The standard InChI is InChI=1S/C76H55N7/c1-3-4-9-22-50(2)60-40-35-55(51-23-10-5-11-24-51)45-67(60)77-57-37-42-70-64(47-57)66-49-59(82-68-33-20-18-31-61(68)63-41-36-56(46-73(63)82)52-25-12-6-13-26-52)38-43-71(66)81(70)58-39-44-72-65(48-58)62-32-19-21-34-69(62)83(72)76-79-74(53-27-14-7-15-28-53)78-75(80-76)54-29-16-8-17-30-54/h3-8,10-21,23-49,77H,2,9,22H2,1H3. The summed E-state index contributed by atoms with van der Waals surface area (Å²) in [5.74, 6) is 1.78. The molecule has 4 heterocycles. The normalized spacial score (nSPS) is 11.8. The third kappa shape index (κ3) is 8.74. The largest absolute Gasteiger partial charge is 0.355 e. The fourth-order valence-electron chi connectivity index (χ4n) is 12.3. The summed E-state index contributed by atoms with van der Waals surface area (Å²) in [6, 6.07) is 93.2. The smallest absolute Gasteiger partial charge is 0.238 e. The van der Waals surface area contributed by atoms with Gasteiger partial charge in [0, 0.05) is 71.8 Å². The third-order valence-corrected chi connectivity index (χ3v) is 16.2. The molecule has 15 aromatic rings. The Balaban J connectivity index is 0.937. The van der Waals surface area contributed by atoms with Gasteiger partial charge < -0.3 is 14.5 Å². The Labute approximate surface area is 481 Å². The molecular formula is C76H55N7. The second kappa shape index (κ2) is 20.6. The molecule has 7 nitrogen and oxygen atoms in total. The zero-order valence-corrected chi connectivity index (χ0v) is 45.8. The zero-order valence-electron chi connectivity index (χ0n) is 45.8. The Morgan fingerprint density at radius 2 is 0.843 bits per heavy atom. The molecule has 0 aliphatic heterocycles. The number of hydrogen-bond acceptors (Lipinski definition) is 4. The van der Waals surface area contributed by atoms with Crippen LogP contribution in [0.25, 0.3) is 133 Å². The van der Waals surface area contributed by atoms with E-state index in [-0.39, 0.29) is 0 Å². The highest BCUT2D eigenvalue weighted by atomic mass is 15.2. The van der Waals surface area contributed by atoms with Crippen LogP contribution in [0.4, 0.5) is 11.4 Å². The van der Waals surface area contributed by atoms with Gasteiger partial charge in [-0.05, 0) is 126 Å². The summed E-state index contributed by atoms with van der Waals surface area (Å²) in [5.41, 5.74) is 19.3. The minimum Gasteiger partial charge on any atom is -0.355 e. The number of fused-ring (bicyclic) bond motifs is 9. The van der Waals surface area contributed by atoms with Crippen molar-refractivity contribution in [2.45, 2.75) is 19.8 Å². The van der Waals surface area contributed by atoms with E-state index in [0.29, 0.717) is 17.6 Å². The molecular weight excluding hydrogens is 1010 g/mol. The van der Waals surface area contributed by atoms with Crippen molar-refractivity contribution >= 4 is 82.4 Å². The summed E-state index contributed by atoms with van der Waals surface area (Å²) < 4.78 is 7.06. The molecule has 0 atom stereocenters. The third-order valence-electron chi connectivity index (χ3n) is 16.2. The SMILES string of the molecule is C=C(CCC=CC)c1ccc(-c2ccccc2)cc1Nc1ccc2c(c1)c1cc(-n3c4ccccc4c4ccc(-c5ccccc5)cc43)ccc1n2-c1ccc2c(c1)c1ccccc1n2-c1nc(-c2ccccc2)nc(-c2ccccc2)n1. The number of hydrogen-bond donors (Lipinski definition) is 1. The van der Waals surface area contributed by atoms with Gasteiger partial charge >= 0.3 is 0 Å². The lowest BCUT2D eigenvalue weighted by Gasteiger charge is -2.16. The Hall–Kier alpha value is -10.9. The van der Waals surface area contributed by atoms with E-state index in [2.05, 4.69) is 269 Å². The number of rotatable bonds is 13. The number of nitrogens with zero attached hydrogens (tertiary/aromatic N) is 6. The molecule has 394 valence electrons. The summed E-state index contributed by atoms with van der Waals surface area (Å²) in [7, 11) is 0. The average molecular weight is 1070 g/mol. The molecule has 0 unspecified atom stereocenters. The van der Waals surface area contributed by atoms with Crippen molar-refractivity contribution in [3.63, 3.8) is 0 Å². The van der Waals surface area contributed by atoms with E-state index < -0.39 is 0 Å². The number of benzene rings is 11. The lowest BCUT2D eigenvalue weighted by molar-refractivity contribution is 0.953. The highest BCUT2D eigenvalue weighted by Crippen LogP contribution is 2.42. The first-order valence-electron chi connectivity index (χ1n) is 28.4. The molecule has 0 aliphatic carbocycles. The van der Waals surface area contributed by atoms with Crippen LogP contribution in [0.2, 0.25) is 0 Å². The van der Waals surface area contributed by atoms with Crippen LogP contribution in [-0.4, -0.2) is 28.7 Å². The molecule has 0 saturated carbocycles. The lowest BCUT2D eigenvalue weighted by Crippen LogP contribution is -2.06. The van der Waals surface area contributed by atoms with Gasteiger partial charge in [0.1, 0.15) is 0 Å². The van der Waals surface area contributed by atoms with Crippen LogP contribution in [0.15, 0.2) is 280 Å². The van der Waals surface area contributed by atoms with E-state index in [0.717, 1.165) is 124 Å². The number of anilines is 2. The molecule has 83 heavy (non-hydrogen) atoms. The monoisotopic (exact) mass is 1070 g/mol. The number of allylic oxidation sites excluding steroid dienone is 3. The molecule has 11 aromatic carbocycles. The quantitative estimate of drug-likeness (QED) is 0.117. The fraction of sp³-hybridized carbons (Fsp3) is 0.0395. The van der Waals surface area contributed by atoms with Crippen LogP contribution in [-0.2, 0) is 0 Å². The summed E-state index contributed by atoms with van der Waals surface area (Å²) in [5, 5.41) is 10.8. The maximum absolute atomic E-state index is 5.22. The Bertz CT molecular complexity index is 4950. The van der Waals surface area contributed by atoms with Gasteiger partial charge in [-0.2, -0.15) is 9.97 Å². The Morgan fingerprint density at radius 1 is 0.386 bits per heavy atom. The molecule has 0 bridgehead atoms. The van der Waals surface area contributed by atoms with Crippen LogP contribution in [0.1, 0.15) is 25.3 Å². The van der Waals surface area contributed by atoms with Crippen LogP contribution < -0.4 is 5.32 Å². The van der Waals surface area contributed by atoms with Gasteiger partial charge in [0.05, 0.1) is 33.1 Å². The van der Waals surface area contributed by atoms with E-state index in [1.807, 2.05) is 36.4 Å². The molecule has 0 aliphatic rings. The number of nitrogens with one attached hydrogen (secondary N) is 1. The van der Waals surface area contributed by atoms with Crippen molar-refractivity contribution in [2.24, 2.45) is 0 Å². The zero-order chi connectivity index (χ0) is 55.4. The second-order valence-corrected chi connectivity index (χ2v) is 21.3. The maximum Gasteiger partial charge on any atom is 0.238 e. The summed E-state index contributed by atoms with van der Waals surface area (Å²) in [6.45, 7) is 6.70. The predicted octanol–water partition coefficient (Wildman–Crippen LogP) is 19.9. The van der Waals surface area contributed by atoms with Crippen molar-refractivity contribution in [1.29, 1.82) is 0 Å². The number of aromatic nitrogens is 6. The average Bonchev–Trinajstić information content (AvgIpc) is 3.83. The summed E-state index contributed by atoms with van der Waals surface area (Å²) in [4.78, 5) is 15.5. The maximum atomic E-state index is 5.22. The van der Waals surface area contributed by atoms with Crippen LogP contribution in [0, 0.1) is 0 Å². The molecule has 0 amide bonds. The van der Waals surface area contributed by atoms with Crippen molar-refractivity contribution in [2.75, 3.05) is 5.32 Å². The lowest BCUT2D eigenvalue weighted by atomic mass is 9.96. The van der Waals surface area contributed by atoms with Gasteiger partial charge in [0.2, 0.25) is 5.95 Å². The van der Waals surface area contributed by atoms with E-state index in [1.165, 1.54) is 21.9 Å². The summed E-state index contributed by atoms with van der Waals surface area (Å²) in [6.07, 6.45) is 6.11. The first-order valence-corrected chi connectivity index (χ1v) is 28.4. The van der Waals surface area contributed by atoms with Gasteiger partial charge in [-0.1, -0.05) is 201 Å². The molecule has 1 N–H and O–H groups in total. The first-order chi connectivity index (χ1) is 41.0. The predicted molar refractivity (Wildman–Crippen MR) is 347 cm³/mol. The van der Waals surface area contributed by atoms with Gasteiger partial charge in [0.15, 0.2) is 11.6 Å². The van der Waals surface area contributed by atoms with Crippen LogP contribution >= 0.6 is 0 Å². The van der Waals surface area contributed by atoms with Crippen molar-refractivity contribution in [3.8, 4) is 62.4 Å². The molecule has 0 fully saturated rings. The van der Waals surface area contributed by atoms with E-state index in [9.17, 15) is 0 Å². The topological polar surface area (TPSA) is 65.5 Å². The van der Waals surface area contributed by atoms with Crippen LogP contribution in [0.3, 0.4) is 0 Å².